The monoisotopic (exact) mass is 3300 g/mol. The molecule has 0 saturated heterocycles. The zero-order chi connectivity index (χ0) is 81.6. The van der Waals surface area contributed by atoms with Crippen molar-refractivity contribution in [2.45, 2.75) is 0 Å². The standard InChI is InChI=1S/H105P103/c1-53-79(52)92(78(50)51)99(93(80(54(2)3)55(4)5)81(56(6)7)57(8)9)102(98(90(74(42)43)75(44)45)91(76(46)47)77(48)49)103(100(94(82(58(10)11)59(12)13)83(60(14)15)61(16)17)95(84(62(18)19)63(20)21)85(64(22)23)65(24)25)101(96(86(66(26)27)67(28)29)87(68(30)31)69(32)33)97(88(70(34)35)71(36)37)89(72(38)39)73(40)41/h53H,1-52H2. The molecule has 0 aromatic heterocycles. The highest BCUT2D eigenvalue weighted by Crippen LogP contribution is 3.55. The van der Waals surface area contributed by atoms with Crippen LogP contribution in [0.1, 0.15) is 0 Å². The van der Waals surface area contributed by atoms with Crippen molar-refractivity contribution < 1.29 is 0 Å². The molecule has 0 aliphatic rings. The predicted octanol–water partition coefficient (Wildman–Crippen LogP) is 60.6. The minimum Gasteiger partial charge on any atom is -0.109 e. The van der Waals surface area contributed by atoms with E-state index in [1.54, 1.807) is 0 Å². The second kappa shape index (κ2) is 81.0. The van der Waals surface area contributed by atoms with Crippen LogP contribution in [0.2, 0.25) is 0 Å². The molecule has 0 nitrogen and oxygen atoms in total. The topological polar surface area (TPSA) is 0 Å². The first kappa shape index (κ1) is 147. The van der Waals surface area contributed by atoms with Crippen LogP contribution in [0.3, 0.4) is 0 Å². The molecule has 0 aliphatic carbocycles. The van der Waals surface area contributed by atoms with Gasteiger partial charge in [0.2, 0.25) is 0 Å². The minimum absolute atomic E-state index is 0.383. The van der Waals surface area contributed by atoms with Crippen molar-refractivity contribution in [2.24, 2.45) is 0 Å². The predicted molar refractivity (Wildman–Crippen MR) is 859 cm³/mol. The first-order chi connectivity index (χ1) is 46.9. The molecule has 0 saturated carbocycles. The van der Waals surface area contributed by atoms with E-state index in [0.717, 1.165) is 7.96 Å². The lowest BCUT2D eigenvalue weighted by molar-refractivity contribution is 4.29. The van der Waals surface area contributed by atoms with Crippen LogP contribution >= 0.6 is 822 Å². The molecule has 0 aromatic carbocycles. The minimum atomic E-state index is -0.670. The molecule has 0 heterocycles. The molecule has 57 atom stereocenters. The van der Waals surface area contributed by atoms with Crippen LogP contribution in [0.4, 0.5) is 0 Å². The highest BCUT2D eigenvalue weighted by molar-refractivity contribution is 9.61. The molecule has 0 bridgehead atoms. The highest BCUT2D eigenvalue weighted by atomic mass is 33.7. The Balaban J connectivity index is 15.0. The molecule has 620 valence electrons. The normalized spacial score (nSPS) is 15.9. The molecule has 0 spiro atoms. The summed E-state index contributed by atoms with van der Waals surface area (Å²) in [4.78, 5) is 0. The maximum absolute atomic E-state index is 3.98. The Bertz CT molecular complexity index is 1740. The summed E-state index contributed by atoms with van der Waals surface area (Å²) in [6.07, 6.45) is 0. The molecule has 57 unspecified atom stereocenters. The van der Waals surface area contributed by atoms with Crippen LogP contribution in [0, 0.1) is 0 Å². The maximum atomic E-state index is 3.98. The fraction of sp³-hybridized carbons (Fsp3) is 0. The first-order valence-corrected chi connectivity index (χ1v) is 211. The van der Waals surface area contributed by atoms with Gasteiger partial charge in [0.1, 0.15) is 0 Å². The summed E-state index contributed by atoms with van der Waals surface area (Å²) in [7, 11) is 200. The Morgan fingerprint density at radius 2 is 0.146 bits per heavy atom. The molecule has 0 N–H and O–H groups in total. The van der Waals surface area contributed by atoms with Gasteiger partial charge >= 0.3 is 0 Å². The van der Waals surface area contributed by atoms with E-state index < -0.39 is 328 Å². The van der Waals surface area contributed by atoms with E-state index in [9.17, 15) is 0 Å². The second-order valence-electron chi connectivity index (χ2n) is 16.4. The molecule has 103 heteroatoms. The summed E-state index contributed by atoms with van der Waals surface area (Å²) in [5.74, 6) is 0. The van der Waals surface area contributed by atoms with Crippen molar-refractivity contribution in [1.29, 1.82) is 0 Å². The van der Waals surface area contributed by atoms with E-state index >= 15 is 0 Å². The maximum Gasteiger partial charge on any atom is -0.000000218 e. The lowest BCUT2D eigenvalue weighted by atomic mass is 28.3. The van der Waals surface area contributed by atoms with Crippen LogP contribution in [0.15, 0.2) is 0 Å². The Morgan fingerprint density at radius 1 is 0.0874 bits per heavy atom. The van der Waals surface area contributed by atoms with Gasteiger partial charge in [0, 0.05) is 0 Å². The van der Waals surface area contributed by atoms with Gasteiger partial charge in [-0.05, 0) is 349 Å². The second-order valence-corrected chi connectivity index (χ2v) is 443. The van der Waals surface area contributed by atoms with Gasteiger partial charge in [0.25, 0.3) is 0 Å². The van der Waals surface area contributed by atoms with Crippen LogP contribution in [-0.2, 0) is 0 Å². The van der Waals surface area contributed by atoms with E-state index in [1.165, 1.54) is 0 Å². The molecule has 0 aliphatic heterocycles. The third-order valence-electron chi connectivity index (χ3n) is 9.17. The first-order valence-electron chi connectivity index (χ1n) is 23.5. The van der Waals surface area contributed by atoms with Crippen LogP contribution in [0.5, 0.6) is 0 Å². The molecule has 0 rings (SSSR count). The Hall–Kier alpha value is 44.3. The number of hydrogen-bond donors (Lipinski definition) is 0. The molecule has 0 aromatic rings. The quantitative estimate of drug-likeness (QED) is 0.0533. The van der Waals surface area contributed by atoms with E-state index in [1.807, 2.05) is 0 Å². The van der Waals surface area contributed by atoms with Crippen molar-refractivity contribution in [2.75, 3.05) is 0 Å². The van der Waals surface area contributed by atoms with E-state index in [2.05, 4.69) is 464 Å². The van der Waals surface area contributed by atoms with E-state index in [4.69, 9.17) is 0 Å². The average molecular weight is 3300 g/mol. The van der Waals surface area contributed by atoms with Gasteiger partial charge in [0.15, 0.2) is 0 Å². The van der Waals surface area contributed by atoms with Gasteiger partial charge < -0.3 is 0 Å². The summed E-state index contributed by atoms with van der Waals surface area (Å²) < 4.78 is 0. The smallest absolute Gasteiger partial charge is 0.000000218 e. The van der Waals surface area contributed by atoms with E-state index in [-0.39, 0.29) is 21.0 Å². The Morgan fingerprint density at radius 3 is 0.204 bits per heavy atom. The summed E-state index contributed by atoms with van der Waals surface area (Å²) >= 11 is 0. The van der Waals surface area contributed by atoms with Crippen molar-refractivity contribution in [3.05, 3.63) is 0 Å². The Kier molecular flexibility index (Phi) is 116. The summed E-state index contributed by atoms with van der Waals surface area (Å²) in [5.41, 5.74) is 0. The number of rotatable bonds is 50. The van der Waals surface area contributed by atoms with Crippen LogP contribution < -0.4 is 0 Å². The Labute approximate surface area is 808 Å². The third-order valence-corrected chi connectivity index (χ3v) is 743. The van der Waals surface area contributed by atoms with Gasteiger partial charge in [0.05, 0.1) is 0 Å². The summed E-state index contributed by atoms with van der Waals surface area (Å²) in [6.45, 7) is -23.1. The third kappa shape index (κ3) is 51.9. The zero-order valence-electron chi connectivity index (χ0n) is 52.9. The van der Waals surface area contributed by atoms with E-state index in [0.29, 0.717) is 0 Å². The van der Waals surface area contributed by atoms with Crippen molar-refractivity contribution in [1.82, 2.24) is 0 Å². The highest BCUT2D eigenvalue weighted by Gasteiger charge is 2.68. The summed E-state index contributed by atoms with van der Waals surface area (Å²) in [6, 6.07) is 0. The van der Waals surface area contributed by atoms with Crippen molar-refractivity contribution >= 4 is 822 Å². The fourth-order valence-corrected chi connectivity index (χ4v) is 1540. The van der Waals surface area contributed by atoms with Gasteiger partial charge in [-0.15, -0.1) is 464 Å². The fourth-order valence-electron chi connectivity index (χ4n) is 6.35. The van der Waals surface area contributed by atoms with Gasteiger partial charge in [-0.25, -0.2) is 0 Å². The van der Waals surface area contributed by atoms with Crippen molar-refractivity contribution in [3.8, 4) is 0 Å². The lowest BCUT2D eigenvalue weighted by Gasteiger charge is -2.64. The lowest BCUT2D eigenvalue weighted by Crippen LogP contribution is -1.77. The number of hydrogen-bond acceptors (Lipinski definition) is 0. The van der Waals surface area contributed by atoms with Crippen LogP contribution in [0.25, 0.3) is 0 Å². The van der Waals surface area contributed by atoms with Gasteiger partial charge in [-0.2, -0.15) is 0 Å². The summed E-state index contributed by atoms with van der Waals surface area (Å²) in [5, 5.41) is 0. The SMILES string of the molecule is PPP(P)P(P(P)P)P(P(P(P(P)P)P(P)P)P(P(P)P)P(P)P)P(P(P(P(P)P)P(P)P)P(P(P)P)P(P)P)P(P(P(P(P(P)P)P(P)P)P(P(P)P)P(P)P)P(P(P(P)P)P(P)P)P(P(P)P)P(P)P)P(P(P(P(P)P)P(P)P)P(P(P)P)P(P)P)P(P(P(P)P)P(P)P)P(P(P)P)P(P)P. The molecular formula is H105P103. The van der Waals surface area contributed by atoms with Crippen LogP contribution in [-0.4, -0.2) is 0 Å². The average Bonchev–Trinajstić information content (AvgIpc) is 0.707. The van der Waals surface area contributed by atoms with Gasteiger partial charge in [-0.3, -0.25) is 0 Å². The van der Waals surface area contributed by atoms with Crippen molar-refractivity contribution in [3.63, 3.8) is 0 Å². The molecule has 0 amide bonds. The molecule has 0 radical (unpaired) electrons. The molecule has 0 fully saturated rings. The molecule has 103 heavy (non-hydrogen) atoms. The molecular weight excluding hydrogens is 3190 g/mol. The largest absolute Gasteiger partial charge is 0.109 e. The van der Waals surface area contributed by atoms with Gasteiger partial charge in [-0.1, -0.05) is 7.96 Å². The zero-order valence-corrected chi connectivity index (χ0v) is 159.